The van der Waals surface area contributed by atoms with Crippen molar-refractivity contribution < 1.29 is 4.79 Å². The zero-order chi connectivity index (χ0) is 15.7. The van der Waals surface area contributed by atoms with Crippen molar-refractivity contribution >= 4 is 11.4 Å². The lowest BCUT2D eigenvalue weighted by molar-refractivity contribution is -0.122. The van der Waals surface area contributed by atoms with Crippen LogP contribution in [0.4, 0.5) is 0 Å². The zero-order valence-corrected chi connectivity index (χ0v) is 13.1. The third kappa shape index (κ3) is 2.65. The third-order valence-corrected chi connectivity index (χ3v) is 4.37. The molecular formula is C16H22N4O2. The predicted octanol–water partition coefficient (Wildman–Crippen LogP) is 1.29. The minimum Gasteiger partial charge on any atom is -0.352 e. The third-order valence-electron chi connectivity index (χ3n) is 4.37. The quantitative estimate of drug-likeness (QED) is 0.925. The first-order chi connectivity index (χ1) is 10.6. The predicted molar refractivity (Wildman–Crippen MR) is 84.0 cm³/mol. The van der Waals surface area contributed by atoms with E-state index in [1.165, 1.54) is 4.57 Å². The molecule has 1 N–H and O–H groups in total. The summed E-state index contributed by atoms with van der Waals surface area (Å²) in [7, 11) is 0. The molecule has 6 heteroatoms. The number of fused-ring (bicyclic) bond motifs is 3. The zero-order valence-electron chi connectivity index (χ0n) is 13.1. The van der Waals surface area contributed by atoms with Crippen LogP contribution < -0.4 is 10.9 Å². The first-order valence-corrected chi connectivity index (χ1v) is 7.99. The van der Waals surface area contributed by atoms with Crippen molar-refractivity contribution in [3.05, 3.63) is 34.0 Å². The van der Waals surface area contributed by atoms with Gasteiger partial charge in [0.25, 0.3) is 5.56 Å². The topological polar surface area (TPSA) is 68.4 Å². The molecule has 1 atom stereocenters. The molecule has 0 saturated carbocycles. The maximum absolute atomic E-state index is 12.7. The number of aryl methyl sites for hydroxylation is 2. The smallest absolute Gasteiger partial charge is 0.277 e. The van der Waals surface area contributed by atoms with E-state index in [-0.39, 0.29) is 24.1 Å². The minimum absolute atomic E-state index is 0.0552. The summed E-state index contributed by atoms with van der Waals surface area (Å²) in [4.78, 5) is 24.7. The Kier molecular flexibility index (Phi) is 4.00. The second-order valence-corrected chi connectivity index (χ2v) is 6.03. The molecule has 0 aliphatic heterocycles. The summed E-state index contributed by atoms with van der Waals surface area (Å²) in [6.07, 6.45) is 8.34. The van der Waals surface area contributed by atoms with Gasteiger partial charge in [-0.3, -0.25) is 9.59 Å². The molecule has 1 aliphatic rings. The summed E-state index contributed by atoms with van der Waals surface area (Å²) in [6.45, 7) is 4.03. The highest BCUT2D eigenvalue weighted by atomic mass is 16.2. The summed E-state index contributed by atoms with van der Waals surface area (Å²) >= 11 is 0. The lowest BCUT2D eigenvalue weighted by Crippen LogP contribution is -2.37. The van der Waals surface area contributed by atoms with Crippen LogP contribution >= 0.6 is 0 Å². The fourth-order valence-electron chi connectivity index (χ4n) is 2.96. The molecule has 1 unspecified atom stereocenters. The van der Waals surface area contributed by atoms with Crippen LogP contribution in [-0.2, 0) is 24.2 Å². The van der Waals surface area contributed by atoms with Gasteiger partial charge < -0.3 is 9.88 Å². The van der Waals surface area contributed by atoms with Gasteiger partial charge in [0.1, 0.15) is 12.1 Å². The van der Waals surface area contributed by atoms with Gasteiger partial charge in [0.2, 0.25) is 5.91 Å². The minimum atomic E-state index is -0.130. The summed E-state index contributed by atoms with van der Waals surface area (Å²) < 4.78 is 3.14. The van der Waals surface area contributed by atoms with Crippen molar-refractivity contribution in [2.45, 2.75) is 58.5 Å². The van der Waals surface area contributed by atoms with Crippen molar-refractivity contribution in [2.75, 3.05) is 0 Å². The summed E-state index contributed by atoms with van der Waals surface area (Å²) in [5.41, 5.74) is 2.60. The lowest BCUT2D eigenvalue weighted by atomic mass is 9.97. The van der Waals surface area contributed by atoms with Crippen molar-refractivity contribution in [1.29, 1.82) is 0 Å². The summed E-state index contributed by atoms with van der Waals surface area (Å²) in [5, 5.41) is 7.39. The molecule has 3 rings (SSSR count). The van der Waals surface area contributed by atoms with Gasteiger partial charge in [-0.1, -0.05) is 6.92 Å². The van der Waals surface area contributed by atoms with E-state index in [1.54, 1.807) is 16.9 Å². The van der Waals surface area contributed by atoms with E-state index in [9.17, 15) is 9.59 Å². The van der Waals surface area contributed by atoms with Crippen molar-refractivity contribution in [2.24, 2.45) is 0 Å². The van der Waals surface area contributed by atoms with Crippen LogP contribution in [0, 0.1) is 0 Å². The molecule has 0 radical (unpaired) electrons. The van der Waals surface area contributed by atoms with Crippen LogP contribution in [0.1, 0.15) is 44.4 Å². The number of amides is 1. The summed E-state index contributed by atoms with van der Waals surface area (Å²) in [6, 6.07) is 0.120. The van der Waals surface area contributed by atoms with Gasteiger partial charge in [-0.2, -0.15) is 5.10 Å². The molecular weight excluding hydrogens is 280 g/mol. The van der Waals surface area contributed by atoms with E-state index in [1.807, 2.05) is 13.8 Å². The molecule has 22 heavy (non-hydrogen) atoms. The van der Waals surface area contributed by atoms with Crippen molar-refractivity contribution in [3.63, 3.8) is 0 Å². The second-order valence-electron chi connectivity index (χ2n) is 6.03. The molecule has 2 aromatic heterocycles. The van der Waals surface area contributed by atoms with Crippen LogP contribution in [0.25, 0.3) is 5.52 Å². The molecule has 0 bridgehead atoms. The molecule has 0 aromatic carbocycles. The number of nitrogens with one attached hydrogen (secondary N) is 1. The average Bonchev–Trinajstić information content (AvgIpc) is 2.89. The van der Waals surface area contributed by atoms with Crippen molar-refractivity contribution in [1.82, 2.24) is 19.5 Å². The van der Waals surface area contributed by atoms with Crippen LogP contribution in [-0.4, -0.2) is 26.1 Å². The van der Waals surface area contributed by atoms with Crippen LogP contribution in [0.3, 0.4) is 0 Å². The van der Waals surface area contributed by atoms with Gasteiger partial charge in [0.05, 0.1) is 5.69 Å². The normalized spacial score (nSPS) is 15.5. The highest BCUT2D eigenvalue weighted by Crippen LogP contribution is 2.22. The number of nitrogens with zero attached hydrogens (tertiary/aromatic N) is 3. The molecule has 0 fully saturated rings. The summed E-state index contributed by atoms with van der Waals surface area (Å²) in [5.74, 6) is -0.130. The molecule has 1 amide bonds. The Morgan fingerprint density at radius 3 is 2.91 bits per heavy atom. The lowest BCUT2D eigenvalue weighted by Gasteiger charge is -2.12. The first-order valence-electron chi connectivity index (χ1n) is 7.99. The Morgan fingerprint density at radius 2 is 2.14 bits per heavy atom. The molecule has 1 aliphatic carbocycles. The van der Waals surface area contributed by atoms with E-state index < -0.39 is 0 Å². The maximum Gasteiger partial charge on any atom is 0.277 e. The molecule has 6 nitrogen and oxygen atoms in total. The number of hydrogen-bond acceptors (Lipinski definition) is 3. The standard InChI is InChI=1S/C16H22N4O2/c1-3-11(2)17-14(21)10-19-8-9-20-15(16(19)22)12-6-4-5-7-13(12)18-20/h8-9,11H,3-7,10H2,1-2H3,(H,17,21). The first kappa shape index (κ1) is 14.8. The fourth-order valence-corrected chi connectivity index (χ4v) is 2.96. The van der Waals surface area contributed by atoms with E-state index in [0.717, 1.165) is 43.4 Å². The second kappa shape index (κ2) is 5.94. The number of carbonyl (C=O) groups excluding carboxylic acids is 1. The number of carbonyl (C=O) groups is 1. The Labute approximate surface area is 129 Å². The Hall–Kier alpha value is -2.11. The maximum atomic E-state index is 12.7. The van der Waals surface area contributed by atoms with Gasteiger partial charge in [-0.25, -0.2) is 4.52 Å². The Bertz CT molecular complexity index is 759. The van der Waals surface area contributed by atoms with Crippen LogP contribution in [0.15, 0.2) is 17.2 Å². The van der Waals surface area contributed by atoms with Gasteiger partial charge in [-0.15, -0.1) is 0 Å². The average molecular weight is 302 g/mol. The molecule has 0 spiro atoms. The molecule has 118 valence electrons. The Balaban J connectivity index is 1.93. The van der Waals surface area contributed by atoms with Gasteiger partial charge in [-0.05, 0) is 39.0 Å². The Morgan fingerprint density at radius 1 is 1.36 bits per heavy atom. The SMILES string of the molecule is CCC(C)NC(=O)Cn1ccn2nc3c(c2c1=O)CCCC3. The van der Waals surface area contributed by atoms with E-state index in [2.05, 4.69) is 10.4 Å². The molecule has 0 saturated heterocycles. The van der Waals surface area contributed by atoms with Crippen molar-refractivity contribution in [3.8, 4) is 0 Å². The number of hydrogen-bond donors (Lipinski definition) is 1. The van der Waals surface area contributed by atoms with Gasteiger partial charge in [0, 0.05) is 24.0 Å². The number of aromatic nitrogens is 3. The highest BCUT2D eigenvalue weighted by molar-refractivity contribution is 5.76. The van der Waals surface area contributed by atoms with Gasteiger partial charge in [0.15, 0.2) is 0 Å². The van der Waals surface area contributed by atoms with E-state index >= 15 is 0 Å². The largest absolute Gasteiger partial charge is 0.352 e. The molecule has 2 aromatic rings. The van der Waals surface area contributed by atoms with E-state index in [0.29, 0.717) is 5.52 Å². The highest BCUT2D eigenvalue weighted by Gasteiger charge is 2.20. The van der Waals surface area contributed by atoms with E-state index in [4.69, 9.17) is 0 Å². The molecule has 2 heterocycles. The van der Waals surface area contributed by atoms with Crippen LogP contribution in [0.5, 0.6) is 0 Å². The van der Waals surface area contributed by atoms with Gasteiger partial charge >= 0.3 is 0 Å². The fraction of sp³-hybridized carbons (Fsp3) is 0.562. The van der Waals surface area contributed by atoms with Crippen LogP contribution in [0.2, 0.25) is 0 Å². The number of rotatable bonds is 4. The monoisotopic (exact) mass is 302 g/mol.